The summed E-state index contributed by atoms with van der Waals surface area (Å²) in [5.74, 6) is -0.0626. The molecule has 6 nitrogen and oxygen atoms in total. The monoisotopic (exact) mass is 319 g/mol. The van der Waals surface area contributed by atoms with Gasteiger partial charge in [0.1, 0.15) is 0 Å². The molecule has 128 valence electrons. The summed E-state index contributed by atoms with van der Waals surface area (Å²) in [5.41, 5.74) is 1.80. The number of rotatable bonds is 3. The Kier molecular flexibility index (Phi) is 4.71. The van der Waals surface area contributed by atoms with E-state index in [1.54, 1.807) is 0 Å². The number of amides is 1. The topological polar surface area (TPSA) is 71.8 Å². The zero-order valence-corrected chi connectivity index (χ0v) is 14.6. The summed E-state index contributed by atoms with van der Waals surface area (Å²) in [7, 11) is 0. The first-order chi connectivity index (χ1) is 11.0. The summed E-state index contributed by atoms with van der Waals surface area (Å²) in [6.07, 6.45) is 6.53. The minimum atomic E-state index is -0.0626. The van der Waals surface area contributed by atoms with Crippen molar-refractivity contribution in [1.82, 2.24) is 25.6 Å². The Hall–Kier alpha value is -1.43. The molecule has 0 radical (unpaired) electrons. The Morgan fingerprint density at radius 1 is 1.22 bits per heavy atom. The van der Waals surface area contributed by atoms with Gasteiger partial charge in [-0.15, -0.1) is 5.10 Å². The van der Waals surface area contributed by atoms with Crippen LogP contribution in [0.15, 0.2) is 0 Å². The molecule has 1 aliphatic carbocycles. The third kappa shape index (κ3) is 3.74. The number of piperidine rings is 1. The molecule has 6 heteroatoms. The number of carbonyl (C=O) groups excluding carboxylic acids is 1. The van der Waals surface area contributed by atoms with Crippen molar-refractivity contribution in [3.63, 3.8) is 0 Å². The summed E-state index contributed by atoms with van der Waals surface area (Å²) < 4.78 is 1.94. The zero-order valence-electron chi connectivity index (χ0n) is 14.6. The van der Waals surface area contributed by atoms with E-state index < -0.39 is 0 Å². The van der Waals surface area contributed by atoms with E-state index in [0.717, 1.165) is 44.5 Å². The van der Waals surface area contributed by atoms with Crippen molar-refractivity contribution >= 4 is 5.91 Å². The standard InChI is InChI=1S/C17H29N5O/c1-12-15(20-21-22(12)14-6-10-18-11-7-14)16(23)19-13-4-8-17(2,3)9-5-13/h13-14,18H,4-11H2,1-3H3,(H,19,23). The molecule has 0 spiro atoms. The number of aromatic nitrogens is 3. The Morgan fingerprint density at radius 3 is 2.52 bits per heavy atom. The zero-order chi connectivity index (χ0) is 16.4. The number of carbonyl (C=O) groups is 1. The number of hydrogen-bond acceptors (Lipinski definition) is 4. The third-order valence-corrected chi connectivity index (χ3v) is 5.47. The number of hydrogen-bond donors (Lipinski definition) is 2. The fourth-order valence-electron chi connectivity index (χ4n) is 3.75. The van der Waals surface area contributed by atoms with E-state index in [1.807, 2.05) is 11.6 Å². The molecule has 1 aliphatic heterocycles. The van der Waals surface area contributed by atoms with Gasteiger partial charge >= 0.3 is 0 Å². The number of nitrogens with one attached hydrogen (secondary N) is 2. The second kappa shape index (κ2) is 6.59. The Labute approximate surface area is 138 Å². The first kappa shape index (κ1) is 16.4. The average molecular weight is 319 g/mol. The fraction of sp³-hybridized carbons (Fsp3) is 0.824. The molecule has 1 aromatic rings. The van der Waals surface area contributed by atoms with Gasteiger partial charge in [-0.05, 0) is 64.0 Å². The molecule has 0 atom stereocenters. The predicted octanol–water partition coefficient (Wildman–Crippen LogP) is 2.21. The normalized spacial score (nSPS) is 22.9. The highest BCUT2D eigenvalue weighted by molar-refractivity contribution is 5.93. The molecule has 0 bridgehead atoms. The van der Waals surface area contributed by atoms with Gasteiger partial charge in [-0.2, -0.15) is 0 Å². The summed E-state index contributed by atoms with van der Waals surface area (Å²) in [4.78, 5) is 12.6. The Bertz CT molecular complexity index is 549. The van der Waals surface area contributed by atoms with Crippen molar-refractivity contribution in [2.24, 2.45) is 5.41 Å². The van der Waals surface area contributed by atoms with Crippen LogP contribution in [0.3, 0.4) is 0 Å². The third-order valence-electron chi connectivity index (χ3n) is 5.47. The van der Waals surface area contributed by atoms with Crippen LogP contribution in [0.5, 0.6) is 0 Å². The molecular formula is C17H29N5O. The van der Waals surface area contributed by atoms with Crippen molar-refractivity contribution in [2.45, 2.75) is 71.4 Å². The van der Waals surface area contributed by atoms with Gasteiger partial charge in [-0.3, -0.25) is 4.79 Å². The maximum atomic E-state index is 12.6. The van der Waals surface area contributed by atoms with E-state index in [2.05, 4.69) is 34.8 Å². The summed E-state index contributed by atoms with van der Waals surface area (Å²) in [6, 6.07) is 0.639. The van der Waals surface area contributed by atoms with Crippen LogP contribution in [-0.4, -0.2) is 40.0 Å². The van der Waals surface area contributed by atoms with E-state index in [1.165, 1.54) is 12.8 Å². The molecule has 1 aromatic heterocycles. The molecule has 1 saturated heterocycles. The fourth-order valence-corrected chi connectivity index (χ4v) is 3.75. The largest absolute Gasteiger partial charge is 0.348 e. The molecule has 0 aromatic carbocycles. The van der Waals surface area contributed by atoms with E-state index in [9.17, 15) is 4.79 Å². The lowest BCUT2D eigenvalue weighted by Crippen LogP contribution is -2.39. The SMILES string of the molecule is Cc1c(C(=O)NC2CCC(C)(C)CC2)nnn1C1CCNCC1. The lowest BCUT2D eigenvalue weighted by Gasteiger charge is -2.34. The van der Waals surface area contributed by atoms with Gasteiger partial charge < -0.3 is 10.6 Å². The highest BCUT2D eigenvalue weighted by atomic mass is 16.2. The van der Waals surface area contributed by atoms with Crippen LogP contribution in [0.2, 0.25) is 0 Å². The molecule has 1 amide bonds. The first-order valence-electron chi connectivity index (χ1n) is 8.90. The van der Waals surface area contributed by atoms with Crippen LogP contribution in [0.25, 0.3) is 0 Å². The Balaban J connectivity index is 1.63. The molecule has 23 heavy (non-hydrogen) atoms. The highest BCUT2D eigenvalue weighted by Gasteiger charge is 2.29. The van der Waals surface area contributed by atoms with Crippen molar-refractivity contribution in [1.29, 1.82) is 0 Å². The van der Waals surface area contributed by atoms with Gasteiger partial charge in [0.25, 0.3) is 5.91 Å². The van der Waals surface area contributed by atoms with Crippen molar-refractivity contribution in [2.75, 3.05) is 13.1 Å². The Morgan fingerprint density at radius 2 is 1.87 bits per heavy atom. The molecule has 0 unspecified atom stereocenters. The van der Waals surface area contributed by atoms with E-state index >= 15 is 0 Å². The molecule has 2 N–H and O–H groups in total. The summed E-state index contributed by atoms with van der Waals surface area (Å²) in [6.45, 7) is 8.58. The molecular weight excluding hydrogens is 290 g/mol. The predicted molar refractivity (Wildman–Crippen MR) is 89.4 cm³/mol. The van der Waals surface area contributed by atoms with Gasteiger partial charge in [0.05, 0.1) is 11.7 Å². The van der Waals surface area contributed by atoms with Crippen LogP contribution >= 0.6 is 0 Å². The van der Waals surface area contributed by atoms with Crippen LogP contribution < -0.4 is 10.6 Å². The smallest absolute Gasteiger partial charge is 0.273 e. The van der Waals surface area contributed by atoms with Crippen molar-refractivity contribution in [3.8, 4) is 0 Å². The molecule has 1 saturated carbocycles. The summed E-state index contributed by atoms with van der Waals surface area (Å²) >= 11 is 0. The maximum Gasteiger partial charge on any atom is 0.273 e. The first-order valence-corrected chi connectivity index (χ1v) is 8.90. The van der Waals surface area contributed by atoms with Crippen molar-refractivity contribution in [3.05, 3.63) is 11.4 Å². The van der Waals surface area contributed by atoms with Crippen LogP contribution in [-0.2, 0) is 0 Å². The lowest BCUT2D eigenvalue weighted by atomic mass is 9.75. The minimum Gasteiger partial charge on any atom is -0.348 e. The number of nitrogens with zero attached hydrogens (tertiary/aromatic N) is 3. The van der Waals surface area contributed by atoms with Gasteiger partial charge in [-0.1, -0.05) is 19.1 Å². The summed E-state index contributed by atoms with van der Waals surface area (Å²) in [5, 5.41) is 14.9. The van der Waals surface area contributed by atoms with Crippen LogP contribution in [0, 0.1) is 12.3 Å². The highest BCUT2D eigenvalue weighted by Crippen LogP contribution is 2.35. The van der Waals surface area contributed by atoms with Gasteiger partial charge in [0.2, 0.25) is 0 Å². The van der Waals surface area contributed by atoms with Crippen molar-refractivity contribution < 1.29 is 4.79 Å². The second-order valence-electron chi connectivity index (χ2n) is 7.86. The molecule has 2 aliphatic rings. The molecule has 2 heterocycles. The average Bonchev–Trinajstić information content (AvgIpc) is 2.92. The minimum absolute atomic E-state index is 0.0626. The lowest BCUT2D eigenvalue weighted by molar-refractivity contribution is 0.0903. The second-order valence-corrected chi connectivity index (χ2v) is 7.86. The quantitative estimate of drug-likeness (QED) is 0.896. The van der Waals surface area contributed by atoms with Crippen LogP contribution in [0.1, 0.15) is 74.6 Å². The van der Waals surface area contributed by atoms with E-state index in [4.69, 9.17) is 0 Å². The molecule has 2 fully saturated rings. The van der Waals surface area contributed by atoms with Gasteiger partial charge in [0, 0.05) is 6.04 Å². The maximum absolute atomic E-state index is 12.6. The van der Waals surface area contributed by atoms with Gasteiger partial charge in [0.15, 0.2) is 5.69 Å². The van der Waals surface area contributed by atoms with E-state index in [0.29, 0.717) is 17.2 Å². The van der Waals surface area contributed by atoms with Gasteiger partial charge in [-0.25, -0.2) is 4.68 Å². The molecule has 3 rings (SSSR count). The van der Waals surface area contributed by atoms with E-state index in [-0.39, 0.29) is 11.9 Å². The van der Waals surface area contributed by atoms with Crippen LogP contribution in [0.4, 0.5) is 0 Å².